The third-order valence-electron chi connectivity index (χ3n) is 2.19. The molecule has 0 spiro atoms. The summed E-state index contributed by atoms with van der Waals surface area (Å²) in [6, 6.07) is 3.24. The second kappa shape index (κ2) is 3.34. The number of carboxylic acid groups (broad SMARTS) is 1. The van der Waals surface area contributed by atoms with Crippen LogP contribution in [0.25, 0.3) is 5.65 Å². The Morgan fingerprint density at radius 3 is 2.87 bits per heavy atom. The van der Waals surface area contributed by atoms with E-state index < -0.39 is 5.97 Å². The molecular formula is C10H11N3O2. The molecule has 0 radical (unpaired) electrons. The van der Waals surface area contributed by atoms with Gasteiger partial charge in [0, 0.05) is 12.3 Å². The minimum Gasteiger partial charge on any atom is -0.477 e. The van der Waals surface area contributed by atoms with Crippen molar-refractivity contribution in [3.8, 4) is 0 Å². The molecule has 0 saturated heterocycles. The molecular weight excluding hydrogens is 194 g/mol. The Balaban J connectivity index is 2.70. The molecule has 0 saturated carbocycles. The largest absolute Gasteiger partial charge is 0.477 e. The SMILES string of the molecule is CC(C)c1cc2nccc(C(=O)O)n2n1. The van der Waals surface area contributed by atoms with Crippen molar-refractivity contribution in [2.45, 2.75) is 19.8 Å². The predicted octanol–water partition coefficient (Wildman–Crippen LogP) is 1.55. The number of hydrogen-bond donors (Lipinski definition) is 1. The maximum absolute atomic E-state index is 10.9. The second-order valence-corrected chi connectivity index (χ2v) is 3.63. The minimum absolute atomic E-state index is 0.131. The van der Waals surface area contributed by atoms with Crippen LogP contribution in [-0.2, 0) is 0 Å². The molecule has 0 atom stereocenters. The second-order valence-electron chi connectivity index (χ2n) is 3.63. The molecule has 2 aromatic heterocycles. The molecule has 2 aromatic rings. The number of carbonyl (C=O) groups is 1. The quantitative estimate of drug-likeness (QED) is 0.807. The lowest BCUT2D eigenvalue weighted by Gasteiger charge is -1.98. The lowest BCUT2D eigenvalue weighted by molar-refractivity contribution is 0.0687. The fourth-order valence-corrected chi connectivity index (χ4v) is 1.36. The van der Waals surface area contributed by atoms with Crippen LogP contribution in [0.15, 0.2) is 18.3 Å². The maximum atomic E-state index is 10.9. The average molecular weight is 205 g/mol. The van der Waals surface area contributed by atoms with Gasteiger partial charge in [-0.15, -0.1) is 0 Å². The number of aromatic carboxylic acids is 1. The van der Waals surface area contributed by atoms with Gasteiger partial charge < -0.3 is 5.11 Å². The third kappa shape index (κ3) is 1.56. The van der Waals surface area contributed by atoms with Crippen molar-refractivity contribution >= 4 is 11.6 Å². The van der Waals surface area contributed by atoms with Crippen molar-refractivity contribution in [3.05, 3.63) is 29.7 Å². The molecule has 15 heavy (non-hydrogen) atoms. The predicted molar refractivity (Wildman–Crippen MR) is 54.0 cm³/mol. The fraction of sp³-hybridized carbons (Fsp3) is 0.300. The van der Waals surface area contributed by atoms with E-state index in [1.165, 1.54) is 16.8 Å². The average Bonchev–Trinajstić information content (AvgIpc) is 2.60. The number of aromatic nitrogens is 3. The van der Waals surface area contributed by atoms with Crippen LogP contribution >= 0.6 is 0 Å². The van der Waals surface area contributed by atoms with Crippen molar-refractivity contribution in [3.63, 3.8) is 0 Å². The number of hydrogen-bond acceptors (Lipinski definition) is 3. The van der Waals surface area contributed by atoms with Gasteiger partial charge in [-0.2, -0.15) is 5.10 Å². The smallest absolute Gasteiger partial charge is 0.354 e. The summed E-state index contributed by atoms with van der Waals surface area (Å²) in [6.45, 7) is 4.00. The first-order chi connectivity index (χ1) is 7.09. The number of carboxylic acids is 1. The summed E-state index contributed by atoms with van der Waals surface area (Å²) < 4.78 is 1.36. The van der Waals surface area contributed by atoms with Gasteiger partial charge in [-0.05, 0) is 12.0 Å². The van der Waals surface area contributed by atoms with Gasteiger partial charge >= 0.3 is 5.97 Å². The number of rotatable bonds is 2. The van der Waals surface area contributed by atoms with E-state index in [1.807, 2.05) is 13.8 Å². The molecule has 5 nitrogen and oxygen atoms in total. The molecule has 1 N–H and O–H groups in total. The van der Waals surface area contributed by atoms with E-state index in [0.29, 0.717) is 5.65 Å². The molecule has 5 heteroatoms. The molecule has 0 aliphatic heterocycles. The maximum Gasteiger partial charge on any atom is 0.354 e. The van der Waals surface area contributed by atoms with E-state index in [4.69, 9.17) is 5.11 Å². The Kier molecular flexibility index (Phi) is 2.15. The Morgan fingerprint density at radius 1 is 1.53 bits per heavy atom. The molecule has 2 rings (SSSR count). The molecule has 0 amide bonds. The summed E-state index contributed by atoms with van der Waals surface area (Å²) in [5.74, 6) is -0.742. The molecule has 2 heterocycles. The van der Waals surface area contributed by atoms with Gasteiger partial charge in [0.05, 0.1) is 5.69 Å². The first kappa shape index (κ1) is 9.64. The van der Waals surface area contributed by atoms with Crippen LogP contribution in [0.5, 0.6) is 0 Å². The van der Waals surface area contributed by atoms with Gasteiger partial charge in [0.2, 0.25) is 0 Å². The van der Waals surface area contributed by atoms with E-state index >= 15 is 0 Å². The Labute approximate surface area is 86.4 Å². The Morgan fingerprint density at radius 2 is 2.27 bits per heavy atom. The van der Waals surface area contributed by atoms with E-state index in [2.05, 4.69) is 10.1 Å². The molecule has 0 bridgehead atoms. The van der Waals surface area contributed by atoms with Crippen LogP contribution in [0.2, 0.25) is 0 Å². The number of fused-ring (bicyclic) bond motifs is 1. The summed E-state index contributed by atoms with van der Waals surface area (Å²) in [4.78, 5) is 15.0. The van der Waals surface area contributed by atoms with E-state index in [0.717, 1.165) is 5.69 Å². The third-order valence-corrected chi connectivity index (χ3v) is 2.19. The summed E-state index contributed by atoms with van der Waals surface area (Å²) in [5.41, 5.74) is 1.54. The lowest BCUT2D eigenvalue weighted by atomic mass is 10.1. The van der Waals surface area contributed by atoms with Crippen molar-refractivity contribution in [2.75, 3.05) is 0 Å². The molecule has 0 aliphatic carbocycles. The zero-order valence-corrected chi connectivity index (χ0v) is 8.51. The van der Waals surface area contributed by atoms with Crippen LogP contribution in [0, 0.1) is 0 Å². The van der Waals surface area contributed by atoms with Crippen LogP contribution in [-0.4, -0.2) is 25.7 Å². The summed E-state index contributed by atoms with van der Waals surface area (Å²) in [5, 5.41) is 13.1. The van der Waals surface area contributed by atoms with Crippen LogP contribution in [0.4, 0.5) is 0 Å². The first-order valence-electron chi connectivity index (χ1n) is 4.67. The Bertz CT molecular complexity index is 516. The van der Waals surface area contributed by atoms with Gasteiger partial charge in [0.25, 0.3) is 0 Å². The molecule has 0 aromatic carbocycles. The summed E-state index contributed by atoms with van der Waals surface area (Å²) in [6.07, 6.45) is 1.48. The lowest BCUT2D eigenvalue weighted by Crippen LogP contribution is -2.07. The normalized spacial score (nSPS) is 11.1. The topological polar surface area (TPSA) is 67.5 Å². The highest BCUT2D eigenvalue weighted by Crippen LogP contribution is 2.14. The van der Waals surface area contributed by atoms with Crippen molar-refractivity contribution in [2.24, 2.45) is 0 Å². The number of nitrogens with zero attached hydrogens (tertiary/aromatic N) is 3. The van der Waals surface area contributed by atoms with E-state index in [1.54, 1.807) is 6.07 Å². The molecule has 0 aliphatic rings. The van der Waals surface area contributed by atoms with Crippen molar-refractivity contribution < 1.29 is 9.90 Å². The van der Waals surface area contributed by atoms with Gasteiger partial charge in [0.1, 0.15) is 0 Å². The van der Waals surface area contributed by atoms with Crippen molar-refractivity contribution in [1.82, 2.24) is 14.6 Å². The highest BCUT2D eigenvalue weighted by atomic mass is 16.4. The highest BCUT2D eigenvalue weighted by Gasteiger charge is 2.12. The van der Waals surface area contributed by atoms with Crippen molar-refractivity contribution in [1.29, 1.82) is 0 Å². The van der Waals surface area contributed by atoms with Crippen LogP contribution in [0.3, 0.4) is 0 Å². The molecule has 78 valence electrons. The minimum atomic E-state index is -0.999. The molecule has 0 unspecified atom stereocenters. The van der Waals surface area contributed by atoms with Crippen LogP contribution in [0.1, 0.15) is 35.9 Å². The fourth-order valence-electron chi connectivity index (χ4n) is 1.36. The van der Waals surface area contributed by atoms with Gasteiger partial charge in [0.15, 0.2) is 11.3 Å². The van der Waals surface area contributed by atoms with Gasteiger partial charge in [-0.3, -0.25) is 0 Å². The Hall–Kier alpha value is -1.91. The summed E-state index contributed by atoms with van der Waals surface area (Å²) in [7, 11) is 0. The summed E-state index contributed by atoms with van der Waals surface area (Å²) >= 11 is 0. The van der Waals surface area contributed by atoms with Crippen LogP contribution < -0.4 is 0 Å². The van der Waals surface area contributed by atoms with E-state index in [9.17, 15) is 4.79 Å². The first-order valence-corrected chi connectivity index (χ1v) is 4.67. The van der Waals surface area contributed by atoms with Gasteiger partial charge in [-0.25, -0.2) is 14.3 Å². The van der Waals surface area contributed by atoms with E-state index in [-0.39, 0.29) is 11.6 Å². The van der Waals surface area contributed by atoms with Gasteiger partial charge in [-0.1, -0.05) is 13.8 Å². The monoisotopic (exact) mass is 205 g/mol. The zero-order chi connectivity index (χ0) is 11.0. The highest BCUT2D eigenvalue weighted by molar-refractivity contribution is 5.86. The molecule has 0 fully saturated rings. The standard InChI is InChI=1S/C10H11N3O2/c1-6(2)7-5-9-11-4-3-8(10(14)15)13(9)12-7/h3-6H,1-2H3,(H,14,15). The zero-order valence-electron chi connectivity index (χ0n) is 8.51.